The van der Waals surface area contributed by atoms with Gasteiger partial charge < -0.3 is 14.5 Å². The van der Waals surface area contributed by atoms with Crippen LogP contribution in [0.3, 0.4) is 0 Å². The molecule has 0 spiro atoms. The number of hydrogen-bond donors (Lipinski definition) is 0. The number of ether oxygens (including phenoxy) is 2. The van der Waals surface area contributed by atoms with Crippen LogP contribution in [-0.4, -0.2) is 24.2 Å². The van der Waals surface area contributed by atoms with Crippen LogP contribution in [0.25, 0.3) is 27.4 Å². The van der Waals surface area contributed by atoms with Gasteiger partial charge in [0.05, 0.1) is 38.5 Å². The van der Waals surface area contributed by atoms with Crippen molar-refractivity contribution in [2.75, 3.05) is 14.2 Å². The maximum absolute atomic E-state index is 15.0. The van der Waals surface area contributed by atoms with E-state index in [1.165, 1.54) is 32.4 Å². The Hall–Kier alpha value is -4.27. The summed E-state index contributed by atoms with van der Waals surface area (Å²) < 4.78 is 68.6. The Kier molecular flexibility index (Phi) is 8.97. The quantitative estimate of drug-likeness (QED) is 0.163. The third-order valence-electron chi connectivity index (χ3n) is 6.10. The molecule has 4 aromatic rings. The number of nitriles is 1. The van der Waals surface area contributed by atoms with Crippen LogP contribution in [0.15, 0.2) is 36.4 Å². The van der Waals surface area contributed by atoms with Crippen LogP contribution in [-0.2, 0) is 26.5 Å². The second-order valence-electron chi connectivity index (χ2n) is 8.78. The Balaban J connectivity index is 0.00000441. The van der Waals surface area contributed by atoms with Crippen molar-refractivity contribution < 1.29 is 48.1 Å². The molecule has 2 heterocycles. The van der Waals surface area contributed by atoms with E-state index in [-0.39, 0.29) is 55.1 Å². The van der Waals surface area contributed by atoms with Crippen molar-refractivity contribution in [3.63, 3.8) is 0 Å². The van der Waals surface area contributed by atoms with Gasteiger partial charge in [-0.05, 0) is 37.4 Å². The Labute approximate surface area is 242 Å². The van der Waals surface area contributed by atoms with Gasteiger partial charge in [0.1, 0.15) is 11.5 Å². The van der Waals surface area contributed by atoms with Crippen molar-refractivity contribution in [3.8, 4) is 40.1 Å². The van der Waals surface area contributed by atoms with Gasteiger partial charge in [-0.3, -0.25) is 27.4 Å². The molecule has 6 nitrogen and oxygen atoms in total. The minimum absolute atomic E-state index is 0. The zero-order valence-electron chi connectivity index (χ0n) is 21.4. The average molecular weight is 726 g/mol. The number of aromatic nitrogens is 2. The minimum Gasteiger partial charge on any atom is -0.497 e. The van der Waals surface area contributed by atoms with E-state index >= 15 is 0 Å². The number of halogens is 4. The first kappa shape index (κ1) is 30.3. The van der Waals surface area contributed by atoms with Crippen molar-refractivity contribution in [2.24, 2.45) is 0 Å². The fourth-order valence-corrected chi connectivity index (χ4v) is 3.84. The normalized spacial score (nSPS) is 10.8. The zero-order chi connectivity index (χ0) is 28.5. The summed E-state index contributed by atoms with van der Waals surface area (Å²) in [5.74, 6) is -3.78. The van der Waals surface area contributed by atoms with Gasteiger partial charge in [-0.1, -0.05) is 5.56 Å². The molecule has 0 aliphatic carbocycles. The number of rotatable bonds is 6. The molecular formula is C29H18F4N4O2Pt. The van der Waals surface area contributed by atoms with E-state index < -0.39 is 39.9 Å². The summed E-state index contributed by atoms with van der Waals surface area (Å²) in [4.78, 5) is 12.0. The maximum atomic E-state index is 15.0. The van der Waals surface area contributed by atoms with E-state index in [9.17, 15) is 17.6 Å². The van der Waals surface area contributed by atoms with Crippen LogP contribution in [0.4, 0.5) is 23.2 Å². The predicted molar refractivity (Wildman–Crippen MR) is 133 cm³/mol. The van der Waals surface area contributed by atoms with Gasteiger partial charge in [0.15, 0.2) is 5.69 Å². The summed E-state index contributed by atoms with van der Waals surface area (Å²) in [6.45, 7) is 10.6. The molecule has 0 saturated carbocycles. The second-order valence-corrected chi connectivity index (χ2v) is 8.78. The Morgan fingerprint density at radius 1 is 0.850 bits per heavy atom. The Bertz CT molecular complexity index is 1570. The molecule has 0 unspecified atom stereocenters. The average Bonchev–Trinajstić information content (AvgIpc) is 2.93. The van der Waals surface area contributed by atoms with Crippen molar-refractivity contribution in [1.29, 1.82) is 5.26 Å². The molecule has 0 atom stereocenters. The largest absolute Gasteiger partial charge is 2.00 e. The molecule has 2 aromatic carbocycles. The molecule has 11 heteroatoms. The molecule has 204 valence electrons. The Morgan fingerprint density at radius 3 is 1.77 bits per heavy atom. The molecule has 0 saturated heterocycles. The first-order valence-electron chi connectivity index (χ1n) is 11.3. The SMILES string of the molecule is [C-]#[N+]c1c(F)c[c-]c(-c2cc(OC)cc(C(C)(C)c3cc(OC)cc(-c4[c-]cc(F)c(C#N)c4F)n3)n2)c1F.[Pt+2]. The standard InChI is InChI=1S/C29H18F4N4O2.Pt/c1-29(2,24-12-15(38-4)10-22(36-24)17-6-8-20(30)19(14-34)26(17)32)25-13-16(39-5)11-23(37-25)18-7-9-21(31)28(35-3)27(18)33;/h8-13H,1-2,4-5H3;/q-2;+2. The van der Waals surface area contributed by atoms with Gasteiger partial charge in [0.2, 0.25) is 0 Å². The van der Waals surface area contributed by atoms with E-state index in [0.29, 0.717) is 11.4 Å². The van der Waals surface area contributed by atoms with Crippen LogP contribution in [0.1, 0.15) is 30.8 Å². The summed E-state index contributed by atoms with van der Waals surface area (Å²) in [5.41, 5.74) is -2.39. The zero-order valence-corrected chi connectivity index (χ0v) is 23.7. The summed E-state index contributed by atoms with van der Waals surface area (Å²) in [6, 6.07) is 14.2. The molecule has 0 aliphatic rings. The number of nitrogens with zero attached hydrogens (tertiary/aromatic N) is 4. The van der Waals surface area contributed by atoms with E-state index in [2.05, 4.69) is 26.9 Å². The van der Waals surface area contributed by atoms with E-state index in [1.807, 2.05) is 0 Å². The molecule has 0 radical (unpaired) electrons. The van der Waals surface area contributed by atoms with Crippen LogP contribution in [0.2, 0.25) is 0 Å². The summed E-state index contributed by atoms with van der Waals surface area (Å²) >= 11 is 0. The number of benzene rings is 2. The van der Waals surface area contributed by atoms with Crippen molar-refractivity contribution in [3.05, 3.63) is 100 Å². The van der Waals surface area contributed by atoms with E-state index in [1.54, 1.807) is 26.0 Å². The topological polar surface area (TPSA) is 72.4 Å². The van der Waals surface area contributed by atoms with Crippen LogP contribution >= 0.6 is 0 Å². The first-order valence-corrected chi connectivity index (χ1v) is 11.3. The molecule has 4 rings (SSSR count). The monoisotopic (exact) mass is 725 g/mol. The minimum atomic E-state index is -1.12. The van der Waals surface area contributed by atoms with E-state index in [0.717, 1.165) is 12.1 Å². The first-order chi connectivity index (χ1) is 18.5. The fourth-order valence-electron chi connectivity index (χ4n) is 3.84. The van der Waals surface area contributed by atoms with Gasteiger partial charge in [0, 0.05) is 46.1 Å². The molecule has 0 N–H and O–H groups in total. The van der Waals surface area contributed by atoms with Crippen molar-refractivity contribution >= 4 is 5.69 Å². The van der Waals surface area contributed by atoms with Crippen LogP contribution in [0, 0.1) is 53.3 Å². The van der Waals surface area contributed by atoms with Crippen LogP contribution < -0.4 is 9.47 Å². The summed E-state index contributed by atoms with van der Waals surface area (Å²) in [6.07, 6.45) is 0. The molecule has 0 bridgehead atoms. The fraction of sp³-hybridized carbons (Fsp3) is 0.172. The molecular weight excluding hydrogens is 707 g/mol. The second kappa shape index (κ2) is 11.9. The smallest absolute Gasteiger partial charge is 0.497 e. The maximum Gasteiger partial charge on any atom is 2.00 e. The van der Waals surface area contributed by atoms with Gasteiger partial charge in [-0.25, -0.2) is 0 Å². The van der Waals surface area contributed by atoms with Gasteiger partial charge in [-0.2, -0.15) is 5.26 Å². The number of hydrogen-bond acceptors (Lipinski definition) is 5. The van der Waals surface area contributed by atoms with Gasteiger partial charge in [-0.15, -0.1) is 29.8 Å². The molecule has 0 fully saturated rings. The van der Waals surface area contributed by atoms with Crippen LogP contribution in [0.5, 0.6) is 11.5 Å². The van der Waals surface area contributed by atoms with E-state index in [4.69, 9.17) is 21.3 Å². The number of methoxy groups -OCH3 is 2. The third-order valence-corrected chi connectivity index (χ3v) is 6.10. The Morgan fingerprint density at radius 2 is 1.32 bits per heavy atom. The molecule has 0 amide bonds. The van der Waals surface area contributed by atoms with Gasteiger partial charge in [0.25, 0.3) is 0 Å². The van der Waals surface area contributed by atoms with Crippen molar-refractivity contribution in [2.45, 2.75) is 19.3 Å². The third kappa shape index (κ3) is 5.41. The van der Waals surface area contributed by atoms with Gasteiger partial charge >= 0.3 is 21.1 Å². The molecule has 2 aromatic heterocycles. The summed E-state index contributed by atoms with van der Waals surface area (Å²) in [5, 5.41) is 9.17. The van der Waals surface area contributed by atoms with Crippen molar-refractivity contribution in [1.82, 2.24) is 9.97 Å². The number of pyridine rings is 2. The molecule has 40 heavy (non-hydrogen) atoms. The summed E-state index contributed by atoms with van der Waals surface area (Å²) in [7, 11) is 2.79. The predicted octanol–water partition coefficient (Wildman–Crippen LogP) is 6.73. The molecule has 0 aliphatic heterocycles.